The Labute approximate surface area is 133 Å². The highest BCUT2D eigenvalue weighted by atomic mass is 16.5. The van der Waals surface area contributed by atoms with Gasteiger partial charge in [0.25, 0.3) is 0 Å². The summed E-state index contributed by atoms with van der Waals surface area (Å²) in [5, 5.41) is 0. The first-order valence-corrected chi connectivity index (χ1v) is 7.84. The van der Waals surface area contributed by atoms with E-state index in [1.807, 2.05) is 31.2 Å². The molecule has 0 saturated heterocycles. The van der Waals surface area contributed by atoms with Crippen LogP contribution < -0.4 is 0 Å². The maximum atomic E-state index is 12.6. The first-order chi connectivity index (χ1) is 10.4. The summed E-state index contributed by atoms with van der Waals surface area (Å²) in [7, 11) is 0. The molecule has 1 aromatic carbocycles. The number of aryl methyl sites for hydroxylation is 1. The van der Waals surface area contributed by atoms with Gasteiger partial charge in [0.15, 0.2) is 0 Å². The molecule has 120 valence electrons. The Balaban J connectivity index is 3.15. The van der Waals surface area contributed by atoms with Gasteiger partial charge in [-0.1, -0.05) is 49.2 Å². The molecule has 3 nitrogen and oxygen atoms in total. The van der Waals surface area contributed by atoms with Crippen molar-refractivity contribution in [3.8, 4) is 0 Å². The largest absolute Gasteiger partial charge is 0.457 e. The number of Topliss-reactive ketones (excluding diaryl/α,β-unsaturated/α-hetero) is 1. The number of rotatable bonds is 8. The van der Waals surface area contributed by atoms with Crippen LogP contribution in [0.3, 0.4) is 0 Å². The molecule has 0 heterocycles. The van der Waals surface area contributed by atoms with Gasteiger partial charge in [-0.05, 0) is 38.7 Å². The van der Waals surface area contributed by atoms with Crippen molar-refractivity contribution < 1.29 is 14.3 Å². The number of hydrogen-bond acceptors (Lipinski definition) is 3. The summed E-state index contributed by atoms with van der Waals surface area (Å²) in [5.74, 6) is -1.84. The topological polar surface area (TPSA) is 43.4 Å². The molecule has 0 aliphatic heterocycles. The van der Waals surface area contributed by atoms with Crippen molar-refractivity contribution in [1.29, 1.82) is 0 Å². The van der Waals surface area contributed by atoms with Gasteiger partial charge in [-0.15, -0.1) is 6.58 Å². The first kappa shape index (κ1) is 18.1. The molecule has 0 radical (unpaired) electrons. The molecule has 0 amide bonds. The summed E-state index contributed by atoms with van der Waals surface area (Å²) >= 11 is 0. The van der Waals surface area contributed by atoms with Gasteiger partial charge < -0.3 is 4.74 Å². The van der Waals surface area contributed by atoms with Crippen molar-refractivity contribution in [2.75, 3.05) is 0 Å². The minimum atomic E-state index is -0.761. The monoisotopic (exact) mass is 302 g/mol. The Kier molecular flexibility index (Phi) is 7.03. The van der Waals surface area contributed by atoms with Crippen molar-refractivity contribution in [1.82, 2.24) is 0 Å². The second-order valence-electron chi connectivity index (χ2n) is 5.89. The van der Waals surface area contributed by atoms with Crippen LogP contribution in [0, 0.1) is 12.8 Å². The predicted octanol–water partition coefficient (Wildman–Crippen LogP) is 4.20. The predicted molar refractivity (Wildman–Crippen MR) is 88.8 cm³/mol. The molecule has 1 rings (SSSR count). The molecule has 1 aromatic rings. The zero-order valence-corrected chi connectivity index (χ0v) is 14.0. The quantitative estimate of drug-likeness (QED) is 0.410. The zero-order chi connectivity index (χ0) is 16.7. The highest BCUT2D eigenvalue weighted by Gasteiger charge is 2.33. The molecular weight excluding hydrogens is 276 g/mol. The summed E-state index contributed by atoms with van der Waals surface area (Å²) in [6.07, 6.45) is 3.20. The van der Waals surface area contributed by atoms with Crippen molar-refractivity contribution in [2.45, 2.75) is 52.6 Å². The number of hydrogen-bond donors (Lipinski definition) is 0. The van der Waals surface area contributed by atoms with Crippen LogP contribution in [0.15, 0.2) is 36.9 Å². The van der Waals surface area contributed by atoms with Crippen LogP contribution in [0.25, 0.3) is 0 Å². The van der Waals surface area contributed by atoms with Gasteiger partial charge in [-0.2, -0.15) is 0 Å². The van der Waals surface area contributed by atoms with Crippen LogP contribution in [0.2, 0.25) is 0 Å². The second-order valence-corrected chi connectivity index (χ2v) is 5.89. The molecule has 0 unspecified atom stereocenters. The fraction of sp³-hybridized carbons (Fsp3) is 0.474. The standard InChI is InChI=1S/C19H26O3/c1-6-8-15(7-2)17(16-11-9-14(5)10-12-16)18(20)19(21)22-13(3)4/h7,9-13,15,17H,2,6,8H2,1,3-5H3/t15-,17+/m1/s1. The van der Waals surface area contributed by atoms with Crippen molar-refractivity contribution in [2.24, 2.45) is 5.92 Å². The molecule has 22 heavy (non-hydrogen) atoms. The Morgan fingerprint density at radius 2 is 1.82 bits per heavy atom. The molecule has 0 spiro atoms. The molecule has 0 fully saturated rings. The summed E-state index contributed by atoms with van der Waals surface area (Å²) in [5.41, 5.74) is 1.96. The van der Waals surface area contributed by atoms with Gasteiger partial charge in [-0.25, -0.2) is 4.79 Å². The summed E-state index contributed by atoms with van der Waals surface area (Å²) in [4.78, 5) is 24.7. The maximum absolute atomic E-state index is 12.6. The Morgan fingerprint density at radius 3 is 2.27 bits per heavy atom. The molecule has 3 heteroatoms. The van der Waals surface area contributed by atoms with E-state index < -0.39 is 17.7 Å². The highest BCUT2D eigenvalue weighted by Crippen LogP contribution is 2.31. The Morgan fingerprint density at radius 1 is 1.23 bits per heavy atom. The lowest BCUT2D eigenvalue weighted by molar-refractivity contribution is -0.157. The van der Waals surface area contributed by atoms with E-state index in [9.17, 15) is 9.59 Å². The third-order valence-electron chi connectivity index (χ3n) is 3.62. The molecule has 2 atom stereocenters. The lowest BCUT2D eigenvalue weighted by atomic mass is 9.80. The highest BCUT2D eigenvalue weighted by molar-refractivity contribution is 6.36. The molecule has 0 aliphatic rings. The first-order valence-electron chi connectivity index (χ1n) is 7.84. The SMILES string of the molecule is C=C[C@H](CCC)[C@H](C(=O)C(=O)OC(C)C)c1ccc(C)cc1. The normalized spacial score (nSPS) is 13.5. The van der Waals surface area contributed by atoms with Crippen LogP contribution in [0.4, 0.5) is 0 Å². The fourth-order valence-electron chi connectivity index (χ4n) is 2.52. The number of carbonyl (C=O) groups is 2. The molecule has 0 saturated carbocycles. The van der Waals surface area contributed by atoms with Crippen LogP contribution in [0.5, 0.6) is 0 Å². The summed E-state index contributed by atoms with van der Waals surface area (Å²) in [6.45, 7) is 11.4. The van der Waals surface area contributed by atoms with Gasteiger partial charge in [0.2, 0.25) is 5.78 Å². The van der Waals surface area contributed by atoms with E-state index in [1.54, 1.807) is 19.9 Å². The van der Waals surface area contributed by atoms with Gasteiger partial charge in [0, 0.05) is 0 Å². The number of esters is 1. The van der Waals surface area contributed by atoms with E-state index in [2.05, 4.69) is 13.5 Å². The lowest BCUT2D eigenvalue weighted by Crippen LogP contribution is -2.30. The van der Waals surface area contributed by atoms with Gasteiger partial charge >= 0.3 is 5.97 Å². The van der Waals surface area contributed by atoms with Crippen LogP contribution in [0.1, 0.15) is 50.7 Å². The van der Waals surface area contributed by atoms with Gasteiger partial charge in [0.05, 0.1) is 12.0 Å². The number of carbonyl (C=O) groups excluding carboxylic acids is 2. The van der Waals surface area contributed by atoms with Crippen LogP contribution in [-0.2, 0) is 14.3 Å². The van der Waals surface area contributed by atoms with Crippen molar-refractivity contribution >= 4 is 11.8 Å². The van der Waals surface area contributed by atoms with E-state index in [4.69, 9.17) is 4.74 Å². The Hall–Kier alpha value is -1.90. The smallest absolute Gasteiger partial charge is 0.375 e. The molecule has 0 aliphatic carbocycles. The van der Waals surface area contributed by atoms with E-state index in [1.165, 1.54) is 0 Å². The summed E-state index contributed by atoms with van der Waals surface area (Å²) < 4.78 is 5.09. The van der Waals surface area contributed by atoms with Gasteiger partial charge in [-0.3, -0.25) is 4.79 Å². The number of ketones is 1. The zero-order valence-electron chi connectivity index (χ0n) is 14.0. The average Bonchev–Trinajstić information content (AvgIpc) is 2.47. The van der Waals surface area contributed by atoms with Crippen LogP contribution >= 0.6 is 0 Å². The minimum absolute atomic E-state index is 0.0695. The van der Waals surface area contributed by atoms with Crippen LogP contribution in [-0.4, -0.2) is 17.9 Å². The molecule has 0 bridgehead atoms. The lowest BCUT2D eigenvalue weighted by Gasteiger charge is -2.23. The second kappa shape index (κ2) is 8.52. The molecular formula is C19H26O3. The van der Waals surface area contributed by atoms with Crippen molar-refractivity contribution in [3.05, 3.63) is 48.0 Å². The minimum Gasteiger partial charge on any atom is -0.457 e. The van der Waals surface area contributed by atoms with E-state index in [-0.39, 0.29) is 12.0 Å². The number of ether oxygens (including phenoxy) is 1. The van der Waals surface area contributed by atoms with E-state index in [0.717, 1.165) is 24.0 Å². The third-order valence-corrected chi connectivity index (χ3v) is 3.62. The Bertz CT molecular complexity index is 514. The third kappa shape index (κ3) is 4.83. The van der Waals surface area contributed by atoms with E-state index >= 15 is 0 Å². The maximum Gasteiger partial charge on any atom is 0.375 e. The van der Waals surface area contributed by atoms with E-state index in [0.29, 0.717) is 0 Å². The number of benzene rings is 1. The fourth-order valence-corrected chi connectivity index (χ4v) is 2.52. The number of allylic oxidation sites excluding steroid dienone is 1. The summed E-state index contributed by atoms with van der Waals surface area (Å²) in [6, 6.07) is 7.73. The molecule has 0 N–H and O–H groups in total. The molecule has 0 aromatic heterocycles. The van der Waals surface area contributed by atoms with Crippen molar-refractivity contribution in [3.63, 3.8) is 0 Å². The average molecular weight is 302 g/mol. The van der Waals surface area contributed by atoms with Gasteiger partial charge in [0.1, 0.15) is 0 Å².